The molecule has 0 unspecified atom stereocenters. The van der Waals surface area contributed by atoms with Crippen LogP contribution in [0.15, 0.2) is 29.8 Å². The minimum atomic E-state index is 0.313. The maximum absolute atomic E-state index is 5.52. The Kier molecular flexibility index (Phi) is 2.76. The Hall–Kier alpha value is -2.04. The van der Waals surface area contributed by atoms with E-state index in [1.54, 1.807) is 6.20 Å². The molecule has 5 nitrogen and oxygen atoms in total. The summed E-state index contributed by atoms with van der Waals surface area (Å²) >= 11 is 0. The molecule has 5 heteroatoms. The van der Waals surface area contributed by atoms with Crippen molar-refractivity contribution in [3.05, 3.63) is 35.9 Å². The second-order valence-electron chi connectivity index (χ2n) is 3.65. The smallest absolute Gasteiger partial charge is 0.147 e. The molecule has 0 radical (unpaired) electrons. The SMILES string of the molecule is C=C(N)N/N=C1/CCOc2cc(C)cnc21. The van der Waals surface area contributed by atoms with E-state index in [4.69, 9.17) is 10.5 Å². The van der Waals surface area contributed by atoms with Crippen molar-refractivity contribution < 1.29 is 4.74 Å². The molecule has 1 aromatic heterocycles. The Morgan fingerprint density at radius 1 is 1.69 bits per heavy atom. The number of aromatic nitrogens is 1. The van der Waals surface area contributed by atoms with E-state index in [1.807, 2.05) is 13.0 Å². The number of rotatable bonds is 2. The van der Waals surface area contributed by atoms with Crippen LogP contribution in [-0.2, 0) is 0 Å². The molecule has 0 atom stereocenters. The fourth-order valence-corrected chi connectivity index (χ4v) is 1.49. The Morgan fingerprint density at radius 2 is 2.50 bits per heavy atom. The molecule has 0 bridgehead atoms. The highest BCUT2D eigenvalue weighted by Gasteiger charge is 2.18. The van der Waals surface area contributed by atoms with Gasteiger partial charge in [0.05, 0.1) is 12.3 Å². The minimum absolute atomic E-state index is 0.313. The van der Waals surface area contributed by atoms with E-state index >= 15 is 0 Å². The lowest BCUT2D eigenvalue weighted by Gasteiger charge is -2.18. The number of hydrogen-bond acceptors (Lipinski definition) is 5. The Balaban J connectivity index is 2.33. The highest BCUT2D eigenvalue weighted by atomic mass is 16.5. The molecule has 1 aliphatic rings. The van der Waals surface area contributed by atoms with Crippen molar-refractivity contribution in [2.24, 2.45) is 10.8 Å². The molecule has 16 heavy (non-hydrogen) atoms. The van der Waals surface area contributed by atoms with Gasteiger partial charge < -0.3 is 10.5 Å². The van der Waals surface area contributed by atoms with E-state index in [-0.39, 0.29) is 0 Å². The van der Waals surface area contributed by atoms with Gasteiger partial charge in [-0.15, -0.1) is 0 Å². The molecule has 2 heterocycles. The summed E-state index contributed by atoms with van der Waals surface area (Å²) in [5.74, 6) is 1.09. The van der Waals surface area contributed by atoms with Gasteiger partial charge in [-0.05, 0) is 18.6 Å². The molecule has 84 valence electrons. The van der Waals surface area contributed by atoms with E-state index in [2.05, 4.69) is 22.1 Å². The van der Waals surface area contributed by atoms with Gasteiger partial charge >= 0.3 is 0 Å². The fourth-order valence-electron chi connectivity index (χ4n) is 1.49. The molecule has 1 aliphatic heterocycles. The molecule has 0 aliphatic carbocycles. The fraction of sp³-hybridized carbons (Fsp3) is 0.273. The number of aryl methyl sites for hydroxylation is 1. The molecule has 0 saturated carbocycles. The van der Waals surface area contributed by atoms with Crippen LogP contribution in [0, 0.1) is 6.92 Å². The first-order valence-corrected chi connectivity index (χ1v) is 5.03. The highest BCUT2D eigenvalue weighted by molar-refractivity contribution is 6.01. The van der Waals surface area contributed by atoms with Crippen LogP contribution in [0.5, 0.6) is 5.75 Å². The lowest BCUT2D eigenvalue weighted by Crippen LogP contribution is -2.22. The highest BCUT2D eigenvalue weighted by Crippen LogP contribution is 2.23. The number of ether oxygens (including phenoxy) is 1. The molecule has 0 fully saturated rings. The number of pyridine rings is 1. The van der Waals surface area contributed by atoms with Crippen molar-refractivity contribution in [2.75, 3.05) is 6.61 Å². The first-order valence-electron chi connectivity index (χ1n) is 5.03. The second kappa shape index (κ2) is 4.22. The summed E-state index contributed by atoms with van der Waals surface area (Å²) in [5.41, 5.74) is 10.7. The monoisotopic (exact) mass is 218 g/mol. The van der Waals surface area contributed by atoms with Crippen LogP contribution in [0.3, 0.4) is 0 Å². The molecular formula is C11H14N4O. The lowest BCUT2D eigenvalue weighted by atomic mass is 10.1. The van der Waals surface area contributed by atoms with E-state index in [9.17, 15) is 0 Å². The first-order chi connectivity index (χ1) is 7.66. The van der Waals surface area contributed by atoms with Gasteiger partial charge in [0, 0.05) is 12.6 Å². The van der Waals surface area contributed by atoms with Crippen molar-refractivity contribution in [1.82, 2.24) is 10.4 Å². The number of hydrogen-bond donors (Lipinski definition) is 2. The third-order valence-corrected chi connectivity index (χ3v) is 2.19. The van der Waals surface area contributed by atoms with Crippen molar-refractivity contribution in [3.8, 4) is 5.75 Å². The van der Waals surface area contributed by atoms with Gasteiger partial charge in [-0.25, -0.2) is 0 Å². The molecule has 0 amide bonds. The number of nitrogens with one attached hydrogen (secondary N) is 1. The Morgan fingerprint density at radius 3 is 3.25 bits per heavy atom. The predicted octanol–water partition coefficient (Wildman–Crippen LogP) is 0.896. The molecular weight excluding hydrogens is 204 g/mol. The molecule has 2 rings (SSSR count). The van der Waals surface area contributed by atoms with Gasteiger partial charge in [-0.1, -0.05) is 6.58 Å². The maximum Gasteiger partial charge on any atom is 0.147 e. The molecule has 3 N–H and O–H groups in total. The quantitative estimate of drug-likeness (QED) is 0.723. The van der Waals surface area contributed by atoms with Crippen LogP contribution in [0.25, 0.3) is 0 Å². The summed E-state index contributed by atoms with van der Waals surface area (Å²) in [6.45, 7) is 6.10. The van der Waals surface area contributed by atoms with Crippen LogP contribution >= 0.6 is 0 Å². The minimum Gasteiger partial charge on any atom is -0.491 e. The zero-order chi connectivity index (χ0) is 11.5. The van der Waals surface area contributed by atoms with Gasteiger partial charge in [-0.2, -0.15) is 5.10 Å². The maximum atomic E-state index is 5.52. The summed E-state index contributed by atoms with van der Waals surface area (Å²) in [5, 5.41) is 4.15. The standard InChI is InChI=1S/C11H14N4O/c1-7-5-10-11(13-6-7)9(3-4-16-10)15-14-8(2)12/h5-6,14H,2-4,12H2,1H3/b15-9-. The largest absolute Gasteiger partial charge is 0.491 e. The average Bonchev–Trinajstić information content (AvgIpc) is 2.25. The van der Waals surface area contributed by atoms with Crippen LogP contribution in [0.2, 0.25) is 0 Å². The summed E-state index contributed by atoms with van der Waals surface area (Å²) in [4.78, 5) is 4.31. The molecule has 0 spiro atoms. The van der Waals surface area contributed by atoms with Gasteiger partial charge in [-0.3, -0.25) is 10.4 Å². The third-order valence-electron chi connectivity index (χ3n) is 2.19. The first kappa shape index (κ1) is 10.5. The summed E-state index contributed by atoms with van der Waals surface area (Å²) in [7, 11) is 0. The zero-order valence-electron chi connectivity index (χ0n) is 9.16. The molecule has 0 aromatic carbocycles. The topological polar surface area (TPSA) is 72.5 Å². The summed E-state index contributed by atoms with van der Waals surface area (Å²) in [6.07, 6.45) is 2.50. The van der Waals surface area contributed by atoms with Crippen molar-refractivity contribution in [1.29, 1.82) is 0 Å². The van der Waals surface area contributed by atoms with E-state index in [0.717, 1.165) is 22.7 Å². The number of hydrazone groups is 1. The third kappa shape index (κ3) is 2.13. The van der Waals surface area contributed by atoms with E-state index in [0.29, 0.717) is 18.8 Å². The van der Waals surface area contributed by atoms with Crippen molar-refractivity contribution in [3.63, 3.8) is 0 Å². The molecule has 1 aromatic rings. The van der Waals surface area contributed by atoms with Crippen molar-refractivity contribution in [2.45, 2.75) is 13.3 Å². The lowest BCUT2D eigenvalue weighted by molar-refractivity contribution is 0.318. The van der Waals surface area contributed by atoms with Gasteiger partial charge in [0.2, 0.25) is 0 Å². The van der Waals surface area contributed by atoms with Crippen molar-refractivity contribution >= 4 is 5.71 Å². The zero-order valence-corrected chi connectivity index (χ0v) is 9.16. The molecule has 0 saturated heterocycles. The second-order valence-corrected chi connectivity index (χ2v) is 3.65. The van der Waals surface area contributed by atoms with Gasteiger partial charge in [0.25, 0.3) is 0 Å². The summed E-state index contributed by atoms with van der Waals surface area (Å²) < 4.78 is 5.52. The Bertz CT molecular complexity index is 453. The van der Waals surface area contributed by atoms with Crippen LogP contribution in [-0.4, -0.2) is 17.3 Å². The number of fused-ring (bicyclic) bond motifs is 1. The predicted molar refractivity (Wildman–Crippen MR) is 62.1 cm³/mol. The summed E-state index contributed by atoms with van der Waals surface area (Å²) in [6, 6.07) is 1.95. The van der Waals surface area contributed by atoms with Gasteiger partial charge in [0.15, 0.2) is 0 Å². The van der Waals surface area contributed by atoms with Crippen LogP contribution in [0.1, 0.15) is 17.7 Å². The number of nitrogens with two attached hydrogens (primary N) is 1. The number of nitrogens with zero attached hydrogens (tertiary/aromatic N) is 2. The average molecular weight is 218 g/mol. The van der Waals surface area contributed by atoms with E-state index in [1.165, 1.54) is 0 Å². The van der Waals surface area contributed by atoms with Crippen LogP contribution < -0.4 is 15.9 Å². The van der Waals surface area contributed by atoms with Crippen LogP contribution in [0.4, 0.5) is 0 Å². The Labute approximate surface area is 94.0 Å². The normalized spacial score (nSPS) is 16.4. The van der Waals surface area contributed by atoms with Gasteiger partial charge in [0.1, 0.15) is 17.3 Å². The van der Waals surface area contributed by atoms with E-state index < -0.39 is 0 Å².